The van der Waals surface area contributed by atoms with Gasteiger partial charge in [0.2, 0.25) is 0 Å². The van der Waals surface area contributed by atoms with Crippen LogP contribution in [-0.4, -0.2) is 25.3 Å². The summed E-state index contributed by atoms with van der Waals surface area (Å²) in [7, 11) is 0. The molecule has 2 unspecified atom stereocenters. The van der Waals surface area contributed by atoms with Gasteiger partial charge in [-0.2, -0.15) is 0 Å². The van der Waals surface area contributed by atoms with Crippen LogP contribution < -0.4 is 5.32 Å². The first-order valence-electron chi connectivity index (χ1n) is 6.37. The molecule has 0 aliphatic rings. The predicted octanol–water partition coefficient (Wildman–Crippen LogP) is 3.94. The molecule has 18 heavy (non-hydrogen) atoms. The highest BCUT2D eigenvalue weighted by Gasteiger charge is 2.18. The maximum absolute atomic E-state index is 6.20. The number of likely N-dealkylation sites (N-methyl/N-ethyl adjacent to an activating group) is 1. The summed E-state index contributed by atoms with van der Waals surface area (Å²) < 4.78 is 5.66. The quantitative estimate of drug-likeness (QED) is 0.821. The van der Waals surface area contributed by atoms with Crippen LogP contribution in [0.3, 0.4) is 0 Å². The van der Waals surface area contributed by atoms with Crippen molar-refractivity contribution in [2.45, 2.75) is 39.3 Å². The molecule has 0 aromatic heterocycles. The van der Waals surface area contributed by atoms with Gasteiger partial charge in [0.05, 0.1) is 6.10 Å². The number of rotatable bonds is 7. The molecule has 0 aliphatic carbocycles. The van der Waals surface area contributed by atoms with Gasteiger partial charge < -0.3 is 10.1 Å². The molecule has 2 nitrogen and oxygen atoms in total. The molecule has 0 amide bonds. The molecular formula is C14H21Cl2NO. The molecule has 2 atom stereocenters. The van der Waals surface area contributed by atoms with Gasteiger partial charge in [-0.05, 0) is 44.5 Å². The largest absolute Gasteiger partial charge is 0.377 e. The first-order valence-corrected chi connectivity index (χ1v) is 7.13. The minimum atomic E-state index is 0.154. The van der Waals surface area contributed by atoms with Crippen molar-refractivity contribution in [1.29, 1.82) is 0 Å². The summed E-state index contributed by atoms with van der Waals surface area (Å²) in [4.78, 5) is 0. The van der Waals surface area contributed by atoms with Crippen molar-refractivity contribution in [1.82, 2.24) is 5.32 Å². The van der Waals surface area contributed by atoms with E-state index in [1.165, 1.54) is 0 Å². The molecule has 1 aromatic rings. The first kappa shape index (κ1) is 15.8. The Labute approximate surface area is 120 Å². The molecule has 0 aliphatic heterocycles. The molecule has 4 heteroatoms. The summed E-state index contributed by atoms with van der Waals surface area (Å²) >= 11 is 12.1. The van der Waals surface area contributed by atoms with Crippen molar-refractivity contribution < 1.29 is 4.74 Å². The molecule has 102 valence electrons. The minimum Gasteiger partial charge on any atom is -0.377 e. The van der Waals surface area contributed by atoms with Gasteiger partial charge in [-0.1, -0.05) is 36.2 Å². The summed E-state index contributed by atoms with van der Waals surface area (Å²) in [5, 5.41) is 4.83. The van der Waals surface area contributed by atoms with Crippen LogP contribution in [0.4, 0.5) is 0 Å². The van der Waals surface area contributed by atoms with Gasteiger partial charge in [0.15, 0.2) is 0 Å². The van der Waals surface area contributed by atoms with Crippen LogP contribution >= 0.6 is 23.2 Å². The number of benzene rings is 1. The molecule has 1 rings (SSSR count). The smallest absolute Gasteiger partial charge is 0.0703 e. The second-order valence-corrected chi connectivity index (χ2v) is 5.11. The van der Waals surface area contributed by atoms with E-state index >= 15 is 0 Å². The van der Waals surface area contributed by atoms with Crippen molar-refractivity contribution >= 4 is 23.2 Å². The monoisotopic (exact) mass is 289 g/mol. The van der Waals surface area contributed by atoms with Crippen molar-refractivity contribution in [2.75, 3.05) is 13.2 Å². The Morgan fingerprint density at radius 1 is 1.28 bits per heavy atom. The fourth-order valence-corrected chi connectivity index (χ4v) is 2.46. The fraction of sp³-hybridized carbons (Fsp3) is 0.571. The molecule has 0 saturated carbocycles. The third-order valence-corrected chi connectivity index (χ3v) is 3.50. The Balaban J connectivity index is 2.75. The maximum atomic E-state index is 6.20. The minimum absolute atomic E-state index is 0.154. The lowest BCUT2D eigenvalue weighted by atomic mass is 10.0. The zero-order valence-electron chi connectivity index (χ0n) is 11.2. The average molecular weight is 290 g/mol. The van der Waals surface area contributed by atoms with Crippen LogP contribution in [-0.2, 0) is 11.2 Å². The van der Waals surface area contributed by atoms with Gasteiger partial charge in [0.1, 0.15) is 0 Å². The van der Waals surface area contributed by atoms with Crippen LogP contribution in [0.5, 0.6) is 0 Å². The Morgan fingerprint density at radius 3 is 2.56 bits per heavy atom. The normalized spacial score (nSPS) is 14.5. The standard InChI is InChI=1S/C14H21Cl2NO/c1-4-17-14(10(3)18-5-2)8-11-6-7-12(15)9-13(11)16/h6-7,9-10,14,17H,4-5,8H2,1-3H3. The molecule has 0 spiro atoms. The van der Waals surface area contributed by atoms with Crippen molar-refractivity contribution in [3.8, 4) is 0 Å². The second kappa shape index (κ2) is 8.00. The van der Waals surface area contributed by atoms with E-state index in [4.69, 9.17) is 27.9 Å². The van der Waals surface area contributed by atoms with Crippen LogP contribution in [0.25, 0.3) is 0 Å². The summed E-state index contributed by atoms with van der Waals surface area (Å²) in [6.45, 7) is 7.81. The van der Waals surface area contributed by atoms with E-state index in [9.17, 15) is 0 Å². The summed E-state index contributed by atoms with van der Waals surface area (Å²) in [6.07, 6.45) is 0.993. The SMILES string of the molecule is CCNC(Cc1ccc(Cl)cc1Cl)C(C)OCC. The Kier molecular flexibility index (Phi) is 7.02. The molecule has 0 heterocycles. The van der Waals surface area contributed by atoms with Crippen LogP contribution in [0, 0.1) is 0 Å². The summed E-state index contributed by atoms with van der Waals surface area (Å²) in [6, 6.07) is 5.89. The summed E-state index contributed by atoms with van der Waals surface area (Å²) in [5.74, 6) is 0. The van der Waals surface area contributed by atoms with Gasteiger partial charge in [-0.3, -0.25) is 0 Å². The number of ether oxygens (including phenoxy) is 1. The van der Waals surface area contributed by atoms with E-state index in [-0.39, 0.29) is 12.1 Å². The van der Waals surface area contributed by atoms with Gasteiger partial charge in [0, 0.05) is 22.7 Å². The van der Waals surface area contributed by atoms with Gasteiger partial charge in [-0.25, -0.2) is 0 Å². The molecule has 1 aromatic carbocycles. The van der Waals surface area contributed by atoms with Crippen molar-refractivity contribution in [2.24, 2.45) is 0 Å². The Hall–Kier alpha value is -0.280. The first-order chi connectivity index (χ1) is 8.58. The van der Waals surface area contributed by atoms with E-state index in [0.29, 0.717) is 10.0 Å². The van der Waals surface area contributed by atoms with Gasteiger partial charge in [-0.15, -0.1) is 0 Å². The molecule has 0 saturated heterocycles. The van der Waals surface area contributed by atoms with Gasteiger partial charge in [0.25, 0.3) is 0 Å². The van der Waals surface area contributed by atoms with Gasteiger partial charge >= 0.3 is 0 Å². The number of nitrogens with one attached hydrogen (secondary N) is 1. The van der Waals surface area contributed by atoms with E-state index in [1.54, 1.807) is 6.07 Å². The summed E-state index contributed by atoms with van der Waals surface area (Å²) in [5.41, 5.74) is 1.10. The van der Waals surface area contributed by atoms with E-state index in [0.717, 1.165) is 25.1 Å². The van der Waals surface area contributed by atoms with E-state index in [2.05, 4.69) is 19.2 Å². The van der Waals surface area contributed by atoms with Crippen LogP contribution in [0.2, 0.25) is 10.0 Å². The lowest BCUT2D eigenvalue weighted by Crippen LogP contribution is -2.41. The average Bonchev–Trinajstić information content (AvgIpc) is 2.32. The van der Waals surface area contributed by atoms with Crippen LogP contribution in [0.1, 0.15) is 26.3 Å². The van der Waals surface area contributed by atoms with Crippen molar-refractivity contribution in [3.63, 3.8) is 0 Å². The van der Waals surface area contributed by atoms with E-state index < -0.39 is 0 Å². The molecular weight excluding hydrogens is 269 g/mol. The topological polar surface area (TPSA) is 21.3 Å². The maximum Gasteiger partial charge on any atom is 0.0703 e. The number of hydrogen-bond acceptors (Lipinski definition) is 2. The molecule has 0 fully saturated rings. The number of hydrogen-bond donors (Lipinski definition) is 1. The van der Waals surface area contributed by atoms with Crippen LogP contribution in [0.15, 0.2) is 18.2 Å². The third kappa shape index (κ3) is 4.77. The molecule has 0 bridgehead atoms. The Bertz CT molecular complexity index is 371. The highest BCUT2D eigenvalue weighted by atomic mass is 35.5. The molecule has 1 N–H and O–H groups in total. The van der Waals surface area contributed by atoms with E-state index in [1.807, 2.05) is 19.1 Å². The predicted molar refractivity (Wildman–Crippen MR) is 78.7 cm³/mol. The second-order valence-electron chi connectivity index (χ2n) is 4.26. The fourth-order valence-electron chi connectivity index (χ4n) is 1.97. The molecule has 0 radical (unpaired) electrons. The zero-order valence-corrected chi connectivity index (χ0v) is 12.7. The lowest BCUT2D eigenvalue weighted by Gasteiger charge is -2.25. The Morgan fingerprint density at radius 2 is 2.00 bits per heavy atom. The highest BCUT2D eigenvalue weighted by molar-refractivity contribution is 6.35. The van der Waals surface area contributed by atoms with Crippen molar-refractivity contribution in [3.05, 3.63) is 33.8 Å². The third-order valence-electron chi connectivity index (χ3n) is 2.92. The zero-order chi connectivity index (χ0) is 13.5. The number of halogens is 2. The highest BCUT2D eigenvalue weighted by Crippen LogP contribution is 2.23. The lowest BCUT2D eigenvalue weighted by molar-refractivity contribution is 0.0480.